The molecule has 0 fully saturated rings. The van der Waals surface area contributed by atoms with Crippen LogP contribution >= 0.6 is 22.9 Å². The van der Waals surface area contributed by atoms with Crippen molar-refractivity contribution in [1.29, 1.82) is 0 Å². The molecule has 1 amide bonds. The molecule has 1 heterocycles. The number of amides is 1. The lowest BCUT2D eigenvalue weighted by Gasteiger charge is -2.13. The van der Waals surface area contributed by atoms with E-state index in [-0.39, 0.29) is 4.90 Å². The van der Waals surface area contributed by atoms with Gasteiger partial charge in [-0.15, -0.1) is 0 Å². The van der Waals surface area contributed by atoms with E-state index in [0.29, 0.717) is 10.2 Å². The number of sulfonamides is 1. The van der Waals surface area contributed by atoms with Gasteiger partial charge in [-0.3, -0.25) is 4.79 Å². The van der Waals surface area contributed by atoms with Crippen LogP contribution in [0.5, 0.6) is 0 Å². The summed E-state index contributed by atoms with van der Waals surface area (Å²) in [5.74, 6) is -0.488. The summed E-state index contributed by atoms with van der Waals surface area (Å²) < 4.78 is 28.0. The molecule has 136 valence electrons. The summed E-state index contributed by atoms with van der Waals surface area (Å²) in [6, 6.07) is 10.5. The number of anilines is 1. The molecule has 3 rings (SSSR count). The predicted octanol–water partition coefficient (Wildman–Crippen LogP) is 3.56. The average molecular weight is 410 g/mol. The maximum absolute atomic E-state index is 12.3. The van der Waals surface area contributed by atoms with E-state index in [1.165, 1.54) is 42.5 Å². The van der Waals surface area contributed by atoms with Crippen LogP contribution in [0.1, 0.15) is 12.5 Å². The third-order valence-corrected chi connectivity index (χ3v) is 6.37. The van der Waals surface area contributed by atoms with Crippen molar-refractivity contribution in [2.75, 3.05) is 5.32 Å². The molecule has 6 nitrogen and oxygen atoms in total. The molecule has 0 unspecified atom stereocenters. The minimum Gasteiger partial charge on any atom is -0.301 e. The number of nitrogens with one attached hydrogen (secondary N) is 2. The van der Waals surface area contributed by atoms with Gasteiger partial charge in [0.05, 0.1) is 21.2 Å². The van der Waals surface area contributed by atoms with E-state index < -0.39 is 22.0 Å². The van der Waals surface area contributed by atoms with Crippen LogP contribution in [0.25, 0.3) is 10.2 Å². The van der Waals surface area contributed by atoms with Gasteiger partial charge in [-0.25, -0.2) is 13.4 Å². The van der Waals surface area contributed by atoms with Crippen LogP contribution in [0.4, 0.5) is 5.13 Å². The van der Waals surface area contributed by atoms with Crippen molar-refractivity contribution in [3.8, 4) is 0 Å². The summed E-state index contributed by atoms with van der Waals surface area (Å²) in [5.41, 5.74) is 1.88. The molecule has 26 heavy (non-hydrogen) atoms. The molecule has 2 aromatic carbocycles. The van der Waals surface area contributed by atoms with Crippen LogP contribution in [-0.4, -0.2) is 25.4 Å². The van der Waals surface area contributed by atoms with Crippen molar-refractivity contribution in [3.05, 3.63) is 53.1 Å². The molecule has 0 saturated carbocycles. The highest BCUT2D eigenvalue weighted by Gasteiger charge is 2.22. The van der Waals surface area contributed by atoms with Crippen LogP contribution in [0.15, 0.2) is 47.4 Å². The SMILES string of the molecule is Cc1ccc2nc(NC(=O)[C@H](C)NS(=O)(=O)c3ccc(Cl)cc3)sc2c1. The number of hydrogen-bond donors (Lipinski definition) is 2. The third-order valence-electron chi connectivity index (χ3n) is 3.62. The molecule has 9 heteroatoms. The molecular weight excluding hydrogens is 394 g/mol. The Kier molecular flexibility index (Phi) is 5.29. The summed E-state index contributed by atoms with van der Waals surface area (Å²) in [6.45, 7) is 3.45. The number of aryl methyl sites for hydroxylation is 1. The molecule has 0 bridgehead atoms. The van der Waals surface area contributed by atoms with Crippen molar-refractivity contribution in [3.63, 3.8) is 0 Å². The first kappa shape index (κ1) is 18.8. The van der Waals surface area contributed by atoms with E-state index in [2.05, 4.69) is 15.0 Å². The molecule has 1 aromatic heterocycles. The maximum Gasteiger partial charge on any atom is 0.244 e. The zero-order chi connectivity index (χ0) is 18.9. The summed E-state index contributed by atoms with van der Waals surface area (Å²) in [4.78, 5) is 16.7. The number of benzene rings is 2. The average Bonchev–Trinajstić information content (AvgIpc) is 2.96. The fourth-order valence-corrected chi connectivity index (χ4v) is 4.56. The molecule has 0 aliphatic heterocycles. The van der Waals surface area contributed by atoms with Gasteiger partial charge in [-0.05, 0) is 55.8 Å². The van der Waals surface area contributed by atoms with Gasteiger partial charge in [-0.1, -0.05) is 29.0 Å². The second kappa shape index (κ2) is 7.32. The van der Waals surface area contributed by atoms with Gasteiger partial charge in [0.2, 0.25) is 15.9 Å². The van der Waals surface area contributed by atoms with Crippen molar-refractivity contribution >= 4 is 54.2 Å². The normalized spacial score (nSPS) is 12.9. The molecule has 3 aromatic rings. The van der Waals surface area contributed by atoms with E-state index in [1.54, 1.807) is 0 Å². The first-order valence-corrected chi connectivity index (χ1v) is 10.4. The largest absolute Gasteiger partial charge is 0.301 e. The zero-order valence-corrected chi connectivity index (χ0v) is 16.4. The number of fused-ring (bicyclic) bond motifs is 1. The van der Waals surface area contributed by atoms with Crippen molar-refractivity contribution in [1.82, 2.24) is 9.71 Å². The standard InChI is InChI=1S/C17H16ClN3O3S2/c1-10-3-8-14-15(9-10)25-17(19-14)20-16(22)11(2)21-26(23,24)13-6-4-12(18)5-7-13/h3-9,11,21H,1-2H3,(H,19,20,22)/t11-/m0/s1. The van der Waals surface area contributed by atoms with Gasteiger partial charge in [0.15, 0.2) is 5.13 Å². The van der Waals surface area contributed by atoms with Gasteiger partial charge in [-0.2, -0.15) is 4.72 Å². The highest BCUT2D eigenvalue weighted by molar-refractivity contribution is 7.89. The fourth-order valence-electron chi connectivity index (χ4n) is 2.27. The van der Waals surface area contributed by atoms with E-state index in [9.17, 15) is 13.2 Å². The lowest BCUT2D eigenvalue weighted by molar-refractivity contribution is -0.117. The second-order valence-electron chi connectivity index (χ2n) is 5.78. The summed E-state index contributed by atoms with van der Waals surface area (Å²) in [5, 5.41) is 3.51. The maximum atomic E-state index is 12.3. The van der Waals surface area contributed by atoms with E-state index in [0.717, 1.165) is 15.8 Å². The van der Waals surface area contributed by atoms with Gasteiger partial charge < -0.3 is 5.32 Å². The Morgan fingerprint density at radius 3 is 2.58 bits per heavy atom. The topological polar surface area (TPSA) is 88.2 Å². The van der Waals surface area contributed by atoms with Crippen LogP contribution in [-0.2, 0) is 14.8 Å². The molecule has 0 saturated heterocycles. The zero-order valence-electron chi connectivity index (χ0n) is 14.0. The van der Waals surface area contributed by atoms with Gasteiger partial charge >= 0.3 is 0 Å². The number of thiazole rings is 1. The Bertz CT molecular complexity index is 1060. The van der Waals surface area contributed by atoms with Gasteiger partial charge in [0.25, 0.3) is 0 Å². The van der Waals surface area contributed by atoms with E-state index >= 15 is 0 Å². The fraction of sp³-hybridized carbons (Fsp3) is 0.176. The Morgan fingerprint density at radius 1 is 1.19 bits per heavy atom. The van der Waals surface area contributed by atoms with E-state index in [4.69, 9.17) is 11.6 Å². The third kappa shape index (κ3) is 4.21. The molecule has 0 spiro atoms. The molecule has 1 atom stereocenters. The lowest BCUT2D eigenvalue weighted by Crippen LogP contribution is -2.41. The highest BCUT2D eigenvalue weighted by Crippen LogP contribution is 2.26. The van der Waals surface area contributed by atoms with Crippen LogP contribution < -0.4 is 10.0 Å². The Labute approximate surface area is 160 Å². The smallest absolute Gasteiger partial charge is 0.244 e. The number of nitrogens with zero attached hydrogens (tertiary/aromatic N) is 1. The van der Waals surface area contributed by atoms with Crippen LogP contribution in [0.3, 0.4) is 0 Å². The van der Waals surface area contributed by atoms with Crippen LogP contribution in [0, 0.1) is 6.92 Å². The number of rotatable bonds is 5. The monoisotopic (exact) mass is 409 g/mol. The number of carbonyl (C=O) groups is 1. The molecule has 0 radical (unpaired) electrons. The van der Waals surface area contributed by atoms with Crippen molar-refractivity contribution in [2.45, 2.75) is 24.8 Å². The first-order chi connectivity index (χ1) is 12.2. The van der Waals surface area contributed by atoms with Crippen LogP contribution in [0.2, 0.25) is 5.02 Å². The molecule has 0 aliphatic carbocycles. The Hall–Kier alpha value is -2.00. The highest BCUT2D eigenvalue weighted by atomic mass is 35.5. The number of aromatic nitrogens is 1. The molecule has 2 N–H and O–H groups in total. The number of carbonyl (C=O) groups excluding carboxylic acids is 1. The van der Waals surface area contributed by atoms with Gasteiger partial charge in [0, 0.05) is 5.02 Å². The Morgan fingerprint density at radius 2 is 1.88 bits per heavy atom. The van der Waals surface area contributed by atoms with E-state index in [1.807, 2.05) is 25.1 Å². The first-order valence-electron chi connectivity index (χ1n) is 7.70. The number of halogens is 1. The quantitative estimate of drug-likeness (QED) is 0.674. The minimum absolute atomic E-state index is 0.0389. The number of hydrogen-bond acceptors (Lipinski definition) is 5. The van der Waals surface area contributed by atoms with Crippen molar-refractivity contribution in [2.24, 2.45) is 0 Å². The lowest BCUT2D eigenvalue weighted by atomic mass is 10.2. The minimum atomic E-state index is -3.83. The van der Waals surface area contributed by atoms with Gasteiger partial charge in [0.1, 0.15) is 0 Å². The molecular formula is C17H16ClN3O3S2. The predicted molar refractivity (Wildman–Crippen MR) is 104 cm³/mol. The summed E-state index contributed by atoms with van der Waals surface area (Å²) in [6.07, 6.45) is 0. The second-order valence-corrected chi connectivity index (χ2v) is 8.96. The summed E-state index contributed by atoms with van der Waals surface area (Å²) >= 11 is 7.10. The summed E-state index contributed by atoms with van der Waals surface area (Å²) in [7, 11) is -3.83. The Balaban J connectivity index is 1.71. The van der Waals surface area contributed by atoms with Crippen molar-refractivity contribution < 1.29 is 13.2 Å². The molecule has 0 aliphatic rings.